The highest BCUT2D eigenvalue weighted by molar-refractivity contribution is 5.69. The van der Waals surface area contributed by atoms with Crippen LogP contribution >= 0.6 is 0 Å². The van der Waals surface area contributed by atoms with Gasteiger partial charge >= 0.3 is 5.97 Å². The number of benzene rings is 1. The van der Waals surface area contributed by atoms with Gasteiger partial charge in [-0.1, -0.05) is 6.07 Å². The lowest BCUT2D eigenvalue weighted by Gasteiger charge is -2.15. The van der Waals surface area contributed by atoms with E-state index < -0.39 is 0 Å². The Morgan fingerprint density at radius 1 is 1.45 bits per heavy atom. The van der Waals surface area contributed by atoms with Crippen LogP contribution in [0.25, 0.3) is 0 Å². The van der Waals surface area contributed by atoms with E-state index in [9.17, 15) is 9.18 Å². The number of carbonyl (C=O) groups excluding carboxylic acids is 1. The third-order valence-corrected chi connectivity index (χ3v) is 2.99. The summed E-state index contributed by atoms with van der Waals surface area (Å²) in [6.45, 7) is 4.82. The second-order valence-corrected chi connectivity index (χ2v) is 4.48. The molecule has 1 atom stereocenters. The van der Waals surface area contributed by atoms with Crippen LogP contribution in [-0.4, -0.2) is 26.2 Å². The van der Waals surface area contributed by atoms with E-state index in [2.05, 4.69) is 5.32 Å². The molecule has 0 aliphatic carbocycles. The molecule has 0 radical (unpaired) electrons. The standard InChI is InChI=1S/C15H22FNO3/c1-4-20-15(18)6-5-9-17-11(2)12-7-8-14(19-3)13(16)10-12/h7-8,10-11,17H,4-6,9H2,1-3H3. The van der Waals surface area contributed by atoms with Crippen molar-refractivity contribution in [3.05, 3.63) is 29.6 Å². The molecule has 1 aromatic carbocycles. The van der Waals surface area contributed by atoms with E-state index in [0.29, 0.717) is 26.0 Å². The SMILES string of the molecule is CCOC(=O)CCCNC(C)c1ccc(OC)c(F)c1. The van der Waals surface area contributed by atoms with Gasteiger partial charge in [0.05, 0.1) is 13.7 Å². The van der Waals surface area contributed by atoms with Gasteiger partial charge in [0.1, 0.15) is 0 Å². The lowest BCUT2D eigenvalue weighted by molar-refractivity contribution is -0.143. The minimum absolute atomic E-state index is 0.0117. The Kier molecular flexibility index (Phi) is 7.01. The van der Waals surface area contributed by atoms with Gasteiger partial charge in [-0.3, -0.25) is 4.79 Å². The van der Waals surface area contributed by atoms with Crippen LogP contribution in [0.5, 0.6) is 5.75 Å². The minimum atomic E-state index is -0.370. The smallest absolute Gasteiger partial charge is 0.305 e. The van der Waals surface area contributed by atoms with Gasteiger partial charge in [-0.15, -0.1) is 0 Å². The van der Waals surface area contributed by atoms with Gasteiger partial charge in [0.15, 0.2) is 11.6 Å². The van der Waals surface area contributed by atoms with E-state index in [1.165, 1.54) is 13.2 Å². The van der Waals surface area contributed by atoms with Crippen molar-refractivity contribution in [3.63, 3.8) is 0 Å². The highest BCUT2D eigenvalue weighted by atomic mass is 19.1. The Labute approximate surface area is 119 Å². The molecule has 0 aliphatic rings. The van der Waals surface area contributed by atoms with Crippen LogP contribution in [0.15, 0.2) is 18.2 Å². The average molecular weight is 283 g/mol. The fourth-order valence-corrected chi connectivity index (χ4v) is 1.85. The zero-order valence-electron chi connectivity index (χ0n) is 12.2. The largest absolute Gasteiger partial charge is 0.494 e. The molecule has 4 nitrogen and oxygen atoms in total. The predicted octanol–water partition coefficient (Wildman–Crippen LogP) is 2.83. The van der Waals surface area contributed by atoms with Crippen molar-refractivity contribution in [2.75, 3.05) is 20.3 Å². The number of hydrogen-bond acceptors (Lipinski definition) is 4. The lowest BCUT2D eigenvalue weighted by atomic mass is 10.1. The van der Waals surface area contributed by atoms with Gasteiger partial charge in [0, 0.05) is 12.5 Å². The van der Waals surface area contributed by atoms with E-state index >= 15 is 0 Å². The quantitative estimate of drug-likeness (QED) is 0.588. The zero-order valence-corrected chi connectivity index (χ0v) is 12.2. The number of nitrogens with one attached hydrogen (secondary N) is 1. The molecule has 1 N–H and O–H groups in total. The van der Waals surface area contributed by atoms with Crippen molar-refractivity contribution in [3.8, 4) is 5.75 Å². The summed E-state index contributed by atoms with van der Waals surface area (Å²) >= 11 is 0. The van der Waals surface area contributed by atoms with Gasteiger partial charge in [0.25, 0.3) is 0 Å². The molecule has 0 spiro atoms. The molecule has 0 saturated heterocycles. The number of halogens is 1. The number of methoxy groups -OCH3 is 1. The summed E-state index contributed by atoms with van der Waals surface area (Å²) in [7, 11) is 1.44. The van der Waals surface area contributed by atoms with E-state index in [0.717, 1.165) is 5.56 Å². The molecule has 20 heavy (non-hydrogen) atoms. The van der Waals surface area contributed by atoms with E-state index in [4.69, 9.17) is 9.47 Å². The Morgan fingerprint density at radius 3 is 2.80 bits per heavy atom. The number of carbonyl (C=O) groups is 1. The number of esters is 1. The highest BCUT2D eigenvalue weighted by Crippen LogP contribution is 2.21. The fourth-order valence-electron chi connectivity index (χ4n) is 1.85. The monoisotopic (exact) mass is 283 g/mol. The molecule has 0 fully saturated rings. The molecular formula is C15H22FNO3. The van der Waals surface area contributed by atoms with E-state index in [-0.39, 0.29) is 23.6 Å². The third kappa shape index (κ3) is 5.17. The molecule has 1 unspecified atom stereocenters. The van der Waals surface area contributed by atoms with Gasteiger partial charge in [-0.2, -0.15) is 0 Å². The Hall–Kier alpha value is -1.62. The van der Waals surface area contributed by atoms with Crippen molar-refractivity contribution in [1.29, 1.82) is 0 Å². The number of ether oxygens (including phenoxy) is 2. The first-order chi connectivity index (χ1) is 9.58. The molecule has 0 aromatic heterocycles. The van der Waals surface area contributed by atoms with Crippen LogP contribution in [0.1, 0.15) is 38.3 Å². The summed E-state index contributed by atoms with van der Waals surface area (Å²) in [6.07, 6.45) is 1.09. The van der Waals surface area contributed by atoms with Crippen molar-refractivity contribution in [1.82, 2.24) is 5.32 Å². The Bertz CT molecular complexity index is 437. The van der Waals surface area contributed by atoms with Crippen LogP contribution in [0.4, 0.5) is 4.39 Å². The highest BCUT2D eigenvalue weighted by Gasteiger charge is 2.09. The maximum atomic E-state index is 13.6. The molecule has 112 valence electrons. The van der Waals surface area contributed by atoms with Crippen molar-refractivity contribution < 1.29 is 18.7 Å². The molecule has 1 rings (SSSR count). The maximum Gasteiger partial charge on any atom is 0.305 e. The summed E-state index contributed by atoms with van der Waals surface area (Å²) in [5.41, 5.74) is 0.847. The summed E-state index contributed by atoms with van der Waals surface area (Å²) in [4.78, 5) is 11.2. The molecular weight excluding hydrogens is 261 g/mol. The first kappa shape index (κ1) is 16.4. The van der Waals surface area contributed by atoms with Crippen molar-refractivity contribution in [2.24, 2.45) is 0 Å². The molecule has 5 heteroatoms. The summed E-state index contributed by atoms with van der Waals surface area (Å²) in [6, 6.07) is 4.91. The maximum absolute atomic E-state index is 13.6. The van der Waals surface area contributed by atoms with Crippen LogP contribution in [0.2, 0.25) is 0 Å². The zero-order chi connectivity index (χ0) is 15.0. The molecule has 0 amide bonds. The van der Waals surface area contributed by atoms with Gasteiger partial charge in [-0.05, 0) is 44.5 Å². The molecule has 0 saturated carbocycles. The fraction of sp³-hybridized carbons (Fsp3) is 0.533. The van der Waals surface area contributed by atoms with Gasteiger partial charge in [0.2, 0.25) is 0 Å². The summed E-state index contributed by atoms with van der Waals surface area (Å²) in [5, 5.41) is 3.25. The van der Waals surface area contributed by atoms with Crippen LogP contribution < -0.4 is 10.1 Å². The number of hydrogen-bond donors (Lipinski definition) is 1. The topological polar surface area (TPSA) is 47.6 Å². The Morgan fingerprint density at radius 2 is 2.20 bits per heavy atom. The Balaban J connectivity index is 2.37. The van der Waals surface area contributed by atoms with Gasteiger partial charge in [-0.25, -0.2) is 4.39 Å². The summed E-state index contributed by atoms with van der Waals surface area (Å²) < 4.78 is 23.3. The van der Waals surface area contributed by atoms with Crippen LogP contribution in [-0.2, 0) is 9.53 Å². The van der Waals surface area contributed by atoms with E-state index in [1.807, 2.05) is 13.0 Å². The molecule has 0 aliphatic heterocycles. The van der Waals surface area contributed by atoms with Crippen molar-refractivity contribution >= 4 is 5.97 Å². The second kappa shape index (κ2) is 8.53. The molecule has 1 aromatic rings. The van der Waals surface area contributed by atoms with Crippen molar-refractivity contribution in [2.45, 2.75) is 32.7 Å². The normalized spacial score (nSPS) is 12.0. The molecule has 0 heterocycles. The average Bonchev–Trinajstić information content (AvgIpc) is 2.43. The van der Waals surface area contributed by atoms with E-state index in [1.54, 1.807) is 13.0 Å². The van der Waals surface area contributed by atoms with Crippen LogP contribution in [0, 0.1) is 5.82 Å². The molecule has 0 bridgehead atoms. The van der Waals surface area contributed by atoms with Gasteiger partial charge < -0.3 is 14.8 Å². The lowest BCUT2D eigenvalue weighted by Crippen LogP contribution is -2.21. The van der Waals surface area contributed by atoms with Crippen LogP contribution in [0.3, 0.4) is 0 Å². The predicted molar refractivity (Wildman–Crippen MR) is 75.2 cm³/mol. The number of rotatable bonds is 8. The first-order valence-electron chi connectivity index (χ1n) is 6.81. The third-order valence-electron chi connectivity index (χ3n) is 2.99. The second-order valence-electron chi connectivity index (χ2n) is 4.48. The minimum Gasteiger partial charge on any atom is -0.494 e. The first-order valence-corrected chi connectivity index (χ1v) is 6.81. The summed E-state index contributed by atoms with van der Waals surface area (Å²) in [5.74, 6) is -0.314.